The highest BCUT2D eigenvalue weighted by molar-refractivity contribution is 5.96. The average Bonchev–Trinajstić information content (AvgIpc) is 2.75. The van der Waals surface area contributed by atoms with E-state index in [2.05, 4.69) is 24.3 Å². The zero-order valence-corrected chi connectivity index (χ0v) is 16.2. The van der Waals surface area contributed by atoms with Crippen LogP contribution in [0, 0.1) is 0 Å². The van der Waals surface area contributed by atoms with Crippen molar-refractivity contribution in [3.05, 3.63) is 89.8 Å². The predicted molar refractivity (Wildman–Crippen MR) is 110 cm³/mol. The van der Waals surface area contributed by atoms with Gasteiger partial charge in [0.1, 0.15) is 30.1 Å². The number of allylic oxidation sites excluding steroid dienone is 2. The first-order valence-corrected chi connectivity index (χ1v) is 9.05. The van der Waals surface area contributed by atoms with Crippen LogP contribution in [0.4, 0.5) is 0 Å². The molecule has 2 aromatic carbocycles. The molecule has 2 heterocycles. The molecule has 3 aromatic rings. The van der Waals surface area contributed by atoms with E-state index in [0.717, 1.165) is 45.3 Å². The fourth-order valence-corrected chi connectivity index (χ4v) is 3.12. The lowest BCUT2D eigenvalue weighted by atomic mass is 9.97. The third-order valence-electron chi connectivity index (χ3n) is 4.71. The van der Waals surface area contributed by atoms with Crippen LogP contribution in [0.25, 0.3) is 17.4 Å². The molecule has 0 fully saturated rings. The van der Waals surface area contributed by atoms with E-state index in [4.69, 9.17) is 14.2 Å². The molecule has 0 N–H and O–H groups in total. The molecule has 4 rings (SSSR count). The number of benzene rings is 2. The Labute approximate surface area is 164 Å². The van der Waals surface area contributed by atoms with Crippen molar-refractivity contribution < 1.29 is 18.8 Å². The molecule has 1 aromatic heterocycles. The Bertz CT molecular complexity index is 1050. The van der Waals surface area contributed by atoms with Gasteiger partial charge in [0.2, 0.25) is 0 Å². The third kappa shape index (κ3) is 3.62. The van der Waals surface area contributed by atoms with Crippen LogP contribution in [-0.2, 0) is 7.05 Å². The van der Waals surface area contributed by atoms with Crippen LogP contribution in [0.2, 0.25) is 0 Å². The number of fused-ring (bicyclic) bond motifs is 1. The second kappa shape index (κ2) is 7.61. The van der Waals surface area contributed by atoms with Crippen molar-refractivity contribution in [1.29, 1.82) is 0 Å². The van der Waals surface area contributed by atoms with E-state index in [-0.39, 0.29) is 0 Å². The average molecular weight is 372 g/mol. The maximum Gasteiger partial charge on any atom is 0.169 e. The predicted octanol–water partition coefficient (Wildman–Crippen LogP) is 4.50. The molecule has 0 unspecified atom stereocenters. The second-order valence-corrected chi connectivity index (χ2v) is 6.60. The van der Waals surface area contributed by atoms with Gasteiger partial charge in [0.05, 0.1) is 14.2 Å². The highest BCUT2D eigenvalue weighted by atomic mass is 16.5. The van der Waals surface area contributed by atoms with Crippen molar-refractivity contribution in [1.82, 2.24) is 0 Å². The zero-order chi connectivity index (χ0) is 19.5. The van der Waals surface area contributed by atoms with Crippen LogP contribution in [0.15, 0.2) is 73.1 Å². The molecule has 4 nitrogen and oxygen atoms in total. The number of methoxy groups -OCH3 is 2. The van der Waals surface area contributed by atoms with Gasteiger partial charge in [-0.3, -0.25) is 0 Å². The minimum Gasteiger partial charge on any atom is -0.497 e. The molecule has 0 spiro atoms. The molecule has 0 amide bonds. The molecular formula is C24H22NO3+. The summed E-state index contributed by atoms with van der Waals surface area (Å²) >= 11 is 0. The van der Waals surface area contributed by atoms with E-state index in [0.29, 0.717) is 0 Å². The number of hydrogen-bond acceptors (Lipinski definition) is 3. The van der Waals surface area contributed by atoms with Crippen molar-refractivity contribution in [3.8, 4) is 17.2 Å². The second-order valence-electron chi connectivity index (χ2n) is 6.60. The van der Waals surface area contributed by atoms with Crippen LogP contribution in [-0.4, -0.2) is 14.2 Å². The van der Waals surface area contributed by atoms with Crippen molar-refractivity contribution in [2.75, 3.05) is 14.2 Å². The van der Waals surface area contributed by atoms with Crippen LogP contribution < -0.4 is 18.8 Å². The van der Waals surface area contributed by atoms with Gasteiger partial charge in [-0.05, 0) is 65.8 Å². The molecule has 0 aliphatic carbocycles. The fraction of sp³-hybridized carbons (Fsp3) is 0.125. The highest BCUT2D eigenvalue weighted by Gasteiger charge is 2.19. The summed E-state index contributed by atoms with van der Waals surface area (Å²) in [4.78, 5) is 0. The van der Waals surface area contributed by atoms with Gasteiger partial charge in [-0.1, -0.05) is 0 Å². The lowest BCUT2D eigenvalue weighted by molar-refractivity contribution is -0.671. The minimum absolute atomic E-state index is 0.799. The molecule has 1 aliphatic rings. The van der Waals surface area contributed by atoms with Gasteiger partial charge in [-0.25, -0.2) is 4.57 Å². The van der Waals surface area contributed by atoms with Gasteiger partial charge >= 0.3 is 0 Å². The van der Waals surface area contributed by atoms with Crippen molar-refractivity contribution in [2.24, 2.45) is 7.05 Å². The van der Waals surface area contributed by atoms with E-state index in [1.807, 2.05) is 66.5 Å². The molecule has 0 saturated heterocycles. The zero-order valence-electron chi connectivity index (χ0n) is 16.2. The van der Waals surface area contributed by atoms with Crippen LogP contribution >= 0.6 is 0 Å². The summed E-state index contributed by atoms with van der Waals surface area (Å²) in [7, 11) is 5.34. The molecule has 140 valence electrons. The van der Waals surface area contributed by atoms with E-state index < -0.39 is 0 Å². The number of aryl methyl sites for hydroxylation is 1. The molecular weight excluding hydrogens is 350 g/mol. The van der Waals surface area contributed by atoms with Gasteiger partial charge in [0.15, 0.2) is 12.4 Å². The topological polar surface area (TPSA) is 31.6 Å². The first-order chi connectivity index (χ1) is 13.7. The summed E-state index contributed by atoms with van der Waals surface area (Å²) in [6, 6.07) is 17.9. The standard InChI is InChI=1S/C24H22NO3/c1-25-12-10-17(11-13-25)14-19-15-24(18-4-6-20(26-2)7-5-18)28-23-9-8-21(27-3)16-22(19)23/h4-16H,1-3H3/q+1/b19-14+. The van der Waals surface area contributed by atoms with Crippen molar-refractivity contribution in [3.63, 3.8) is 0 Å². The summed E-state index contributed by atoms with van der Waals surface area (Å²) in [6.45, 7) is 0. The van der Waals surface area contributed by atoms with Gasteiger partial charge in [0, 0.05) is 23.3 Å². The maximum atomic E-state index is 6.20. The minimum atomic E-state index is 0.799. The molecule has 0 atom stereocenters. The third-order valence-corrected chi connectivity index (χ3v) is 4.71. The van der Waals surface area contributed by atoms with Crippen LogP contribution in [0.3, 0.4) is 0 Å². The number of rotatable bonds is 4. The number of hydrogen-bond donors (Lipinski definition) is 0. The molecule has 1 aliphatic heterocycles. The van der Waals surface area contributed by atoms with E-state index in [1.165, 1.54) is 0 Å². The van der Waals surface area contributed by atoms with Crippen LogP contribution in [0.5, 0.6) is 17.2 Å². The van der Waals surface area contributed by atoms with Gasteiger partial charge in [-0.15, -0.1) is 0 Å². The van der Waals surface area contributed by atoms with Crippen molar-refractivity contribution >= 4 is 17.4 Å². The van der Waals surface area contributed by atoms with Crippen LogP contribution in [0.1, 0.15) is 16.7 Å². The largest absolute Gasteiger partial charge is 0.497 e. The highest BCUT2D eigenvalue weighted by Crippen LogP contribution is 2.39. The Balaban J connectivity index is 1.81. The fourth-order valence-electron chi connectivity index (χ4n) is 3.12. The monoisotopic (exact) mass is 372 g/mol. The smallest absolute Gasteiger partial charge is 0.169 e. The van der Waals surface area contributed by atoms with Gasteiger partial charge < -0.3 is 14.2 Å². The summed E-state index contributed by atoms with van der Waals surface area (Å²) in [5.41, 5.74) is 4.19. The Morgan fingerprint density at radius 3 is 2.21 bits per heavy atom. The summed E-state index contributed by atoms with van der Waals surface area (Å²) in [5, 5.41) is 0. The Hall–Kier alpha value is -3.53. The van der Waals surface area contributed by atoms with Gasteiger partial charge in [0.25, 0.3) is 0 Å². The normalized spacial score (nSPS) is 14.1. The first kappa shape index (κ1) is 17.9. The Kier molecular flexibility index (Phi) is 4.85. The lowest BCUT2D eigenvalue weighted by Gasteiger charge is -2.21. The molecule has 0 radical (unpaired) electrons. The summed E-state index contributed by atoms with van der Waals surface area (Å²) in [6.07, 6.45) is 8.29. The Morgan fingerprint density at radius 1 is 0.857 bits per heavy atom. The molecule has 0 saturated carbocycles. The van der Waals surface area contributed by atoms with E-state index in [1.54, 1.807) is 14.2 Å². The Morgan fingerprint density at radius 2 is 1.54 bits per heavy atom. The molecule has 0 bridgehead atoms. The van der Waals surface area contributed by atoms with Gasteiger partial charge in [-0.2, -0.15) is 0 Å². The van der Waals surface area contributed by atoms with Crippen molar-refractivity contribution in [2.45, 2.75) is 0 Å². The lowest BCUT2D eigenvalue weighted by Crippen LogP contribution is -2.25. The maximum absolute atomic E-state index is 6.20. The number of aromatic nitrogens is 1. The number of ether oxygens (including phenoxy) is 3. The number of pyridine rings is 1. The van der Waals surface area contributed by atoms with E-state index in [9.17, 15) is 0 Å². The van der Waals surface area contributed by atoms with E-state index >= 15 is 0 Å². The number of nitrogens with zero attached hydrogens (tertiary/aromatic N) is 1. The SMILES string of the molecule is COc1ccc(C2=C/C(=C\c3cc[n+](C)cc3)c3cc(OC)ccc3O2)cc1. The first-order valence-electron chi connectivity index (χ1n) is 9.05. The molecule has 28 heavy (non-hydrogen) atoms. The summed E-state index contributed by atoms with van der Waals surface area (Å²) < 4.78 is 18.9. The molecule has 4 heteroatoms. The quantitative estimate of drug-likeness (QED) is 0.632. The summed E-state index contributed by atoms with van der Waals surface area (Å²) in [5.74, 6) is 3.22.